The normalized spacial score (nSPS) is 23.0. The molecule has 0 radical (unpaired) electrons. The van der Waals surface area contributed by atoms with Gasteiger partial charge in [-0.3, -0.25) is 9.79 Å². The molecule has 2 unspecified atom stereocenters. The first-order valence-corrected chi connectivity index (χ1v) is 7.63. The van der Waals surface area contributed by atoms with Crippen molar-refractivity contribution in [1.82, 2.24) is 0 Å². The van der Waals surface area contributed by atoms with Crippen LogP contribution in [-0.2, 0) is 11.0 Å². The largest absolute Gasteiger partial charge is 0.416 e. The minimum absolute atomic E-state index is 0.0962. The van der Waals surface area contributed by atoms with Crippen LogP contribution in [0.3, 0.4) is 0 Å². The van der Waals surface area contributed by atoms with Gasteiger partial charge in [0.05, 0.1) is 11.5 Å². The van der Waals surface area contributed by atoms with Crippen molar-refractivity contribution in [3.63, 3.8) is 0 Å². The molecular weight excluding hydrogens is 315 g/mol. The van der Waals surface area contributed by atoms with E-state index in [0.29, 0.717) is 17.7 Å². The van der Waals surface area contributed by atoms with Crippen LogP contribution in [0.4, 0.5) is 13.2 Å². The summed E-state index contributed by atoms with van der Waals surface area (Å²) in [6, 6.07) is 14.3. The van der Waals surface area contributed by atoms with Crippen LogP contribution >= 0.6 is 0 Å². The van der Waals surface area contributed by atoms with Gasteiger partial charge < -0.3 is 0 Å². The monoisotopic (exact) mass is 331 g/mol. The maximum atomic E-state index is 13.0. The molecule has 5 heteroatoms. The van der Waals surface area contributed by atoms with Gasteiger partial charge in [0.1, 0.15) is 0 Å². The Labute approximate surface area is 138 Å². The van der Waals surface area contributed by atoms with E-state index >= 15 is 0 Å². The first-order valence-electron chi connectivity index (χ1n) is 7.63. The summed E-state index contributed by atoms with van der Waals surface area (Å²) in [5.41, 5.74) is 1.12. The second-order valence-electron chi connectivity index (χ2n) is 5.84. The molecular formula is C19H16F3NO. The number of ketones is 1. The second-order valence-corrected chi connectivity index (χ2v) is 5.84. The van der Waals surface area contributed by atoms with E-state index in [0.717, 1.165) is 17.7 Å². The highest BCUT2D eigenvalue weighted by Gasteiger charge is 2.41. The molecule has 24 heavy (non-hydrogen) atoms. The van der Waals surface area contributed by atoms with Crippen molar-refractivity contribution in [3.8, 4) is 0 Å². The summed E-state index contributed by atoms with van der Waals surface area (Å²) >= 11 is 0. The molecule has 1 aliphatic carbocycles. The number of aliphatic imine (C=N–C) groups is 1. The molecule has 2 aromatic rings. The number of hydrogen-bond donors (Lipinski definition) is 0. The molecule has 0 heterocycles. The maximum Gasteiger partial charge on any atom is 0.416 e. The van der Waals surface area contributed by atoms with Gasteiger partial charge in [-0.15, -0.1) is 0 Å². The molecule has 0 amide bonds. The first kappa shape index (κ1) is 16.4. The van der Waals surface area contributed by atoms with Crippen molar-refractivity contribution >= 4 is 11.5 Å². The molecule has 0 spiro atoms. The van der Waals surface area contributed by atoms with Gasteiger partial charge in [0.25, 0.3) is 0 Å². The SMILES string of the molecule is CN=C1CC(c2ccccc2)C(=O)C1c1cccc(C(F)(F)F)c1. The smallest absolute Gasteiger partial charge is 0.298 e. The van der Waals surface area contributed by atoms with Crippen LogP contribution in [0, 0.1) is 0 Å². The summed E-state index contributed by atoms with van der Waals surface area (Å²) in [6.45, 7) is 0. The highest BCUT2D eigenvalue weighted by atomic mass is 19.4. The van der Waals surface area contributed by atoms with Crippen molar-refractivity contribution in [2.75, 3.05) is 7.05 Å². The number of carbonyl (C=O) groups is 1. The Morgan fingerprint density at radius 1 is 1.00 bits per heavy atom. The Kier molecular flexibility index (Phi) is 4.26. The zero-order valence-corrected chi connectivity index (χ0v) is 13.0. The number of rotatable bonds is 2. The molecule has 1 aliphatic rings. The number of hydrogen-bond acceptors (Lipinski definition) is 2. The zero-order valence-electron chi connectivity index (χ0n) is 13.0. The molecule has 1 saturated carbocycles. The third-order valence-corrected chi connectivity index (χ3v) is 4.41. The summed E-state index contributed by atoms with van der Waals surface area (Å²) in [4.78, 5) is 17.1. The van der Waals surface area contributed by atoms with E-state index in [4.69, 9.17) is 0 Å². The quantitative estimate of drug-likeness (QED) is 0.790. The van der Waals surface area contributed by atoms with Gasteiger partial charge in [-0.1, -0.05) is 48.5 Å². The molecule has 0 saturated heterocycles. The molecule has 1 fully saturated rings. The summed E-state index contributed by atoms with van der Waals surface area (Å²) < 4.78 is 38.9. The van der Waals surface area contributed by atoms with E-state index in [2.05, 4.69) is 4.99 Å². The molecule has 124 valence electrons. The van der Waals surface area contributed by atoms with Gasteiger partial charge in [-0.25, -0.2) is 0 Å². The lowest BCUT2D eigenvalue weighted by molar-refractivity contribution is -0.137. The predicted octanol–water partition coefficient (Wildman–Crippen LogP) is 4.62. The lowest BCUT2D eigenvalue weighted by Crippen LogP contribution is -2.16. The minimum atomic E-state index is -4.43. The number of alkyl halides is 3. The van der Waals surface area contributed by atoms with E-state index in [9.17, 15) is 18.0 Å². The fourth-order valence-electron chi connectivity index (χ4n) is 3.23. The highest BCUT2D eigenvalue weighted by Crippen LogP contribution is 2.40. The van der Waals surface area contributed by atoms with Crippen LogP contribution in [0.1, 0.15) is 34.9 Å². The molecule has 2 nitrogen and oxygen atoms in total. The Balaban J connectivity index is 2.00. The van der Waals surface area contributed by atoms with Gasteiger partial charge in [-0.2, -0.15) is 13.2 Å². The highest BCUT2D eigenvalue weighted by molar-refractivity contribution is 6.18. The molecule has 3 rings (SSSR count). The number of nitrogens with zero attached hydrogens (tertiary/aromatic N) is 1. The maximum absolute atomic E-state index is 13.0. The van der Waals surface area contributed by atoms with Crippen LogP contribution in [-0.4, -0.2) is 18.5 Å². The Hall–Kier alpha value is -2.43. The molecule has 2 atom stereocenters. The van der Waals surface area contributed by atoms with Crippen LogP contribution in [0.15, 0.2) is 59.6 Å². The topological polar surface area (TPSA) is 29.4 Å². The summed E-state index contributed by atoms with van der Waals surface area (Å²) in [5, 5.41) is 0. The number of benzene rings is 2. The Morgan fingerprint density at radius 2 is 1.67 bits per heavy atom. The Morgan fingerprint density at radius 3 is 2.29 bits per heavy atom. The fraction of sp³-hybridized carbons (Fsp3) is 0.263. The van der Waals surface area contributed by atoms with Crippen LogP contribution in [0.5, 0.6) is 0 Å². The lowest BCUT2D eigenvalue weighted by atomic mass is 9.90. The Bertz CT molecular complexity index is 781. The summed E-state index contributed by atoms with van der Waals surface area (Å²) in [7, 11) is 1.58. The number of Topliss-reactive ketones (excluding diaryl/α,β-unsaturated/α-hetero) is 1. The molecule has 0 N–H and O–H groups in total. The molecule has 2 aromatic carbocycles. The molecule has 0 aliphatic heterocycles. The average Bonchev–Trinajstić information content (AvgIpc) is 2.91. The molecule has 0 bridgehead atoms. The van der Waals surface area contributed by atoms with Crippen LogP contribution in [0.25, 0.3) is 0 Å². The third kappa shape index (κ3) is 2.98. The van der Waals surface area contributed by atoms with E-state index in [1.54, 1.807) is 13.1 Å². The van der Waals surface area contributed by atoms with E-state index in [1.807, 2.05) is 30.3 Å². The number of halogens is 3. The number of carbonyl (C=O) groups excluding carboxylic acids is 1. The van der Waals surface area contributed by atoms with Gasteiger partial charge in [0.2, 0.25) is 0 Å². The third-order valence-electron chi connectivity index (χ3n) is 4.41. The van der Waals surface area contributed by atoms with Crippen molar-refractivity contribution in [3.05, 3.63) is 71.3 Å². The van der Waals surface area contributed by atoms with Gasteiger partial charge >= 0.3 is 6.18 Å². The molecule has 0 aromatic heterocycles. The lowest BCUT2D eigenvalue weighted by Gasteiger charge is -2.14. The van der Waals surface area contributed by atoms with Crippen LogP contribution < -0.4 is 0 Å². The van der Waals surface area contributed by atoms with Crippen molar-refractivity contribution in [1.29, 1.82) is 0 Å². The van der Waals surface area contributed by atoms with Gasteiger partial charge in [-0.05, 0) is 17.2 Å². The zero-order chi connectivity index (χ0) is 17.3. The van der Waals surface area contributed by atoms with Crippen molar-refractivity contribution < 1.29 is 18.0 Å². The summed E-state index contributed by atoms with van der Waals surface area (Å²) in [6.07, 6.45) is -3.99. The first-order chi connectivity index (χ1) is 11.4. The minimum Gasteiger partial charge on any atom is -0.298 e. The second kappa shape index (κ2) is 6.23. The van der Waals surface area contributed by atoms with Crippen molar-refractivity contribution in [2.45, 2.75) is 24.4 Å². The van der Waals surface area contributed by atoms with Gasteiger partial charge in [0, 0.05) is 25.1 Å². The fourth-order valence-corrected chi connectivity index (χ4v) is 3.23. The standard InChI is InChI=1S/C19H16F3NO/c1-23-16-11-15(12-6-3-2-4-7-12)18(24)17(16)13-8-5-9-14(10-13)19(20,21)22/h2-10,15,17H,11H2,1H3. The van der Waals surface area contributed by atoms with Crippen molar-refractivity contribution in [2.24, 2.45) is 4.99 Å². The van der Waals surface area contributed by atoms with E-state index in [1.165, 1.54) is 6.07 Å². The summed E-state index contributed by atoms with van der Waals surface area (Å²) in [5.74, 6) is -1.16. The predicted molar refractivity (Wildman–Crippen MR) is 86.4 cm³/mol. The van der Waals surface area contributed by atoms with E-state index in [-0.39, 0.29) is 11.7 Å². The average molecular weight is 331 g/mol. The van der Waals surface area contributed by atoms with Gasteiger partial charge in [0.15, 0.2) is 5.78 Å². The van der Waals surface area contributed by atoms with E-state index < -0.39 is 17.7 Å². The van der Waals surface area contributed by atoms with Crippen LogP contribution in [0.2, 0.25) is 0 Å².